The molecule has 0 amide bonds. The van der Waals surface area contributed by atoms with Crippen molar-refractivity contribution < 1.29 is 0 Å². The summed E-state index contributed by atoms with van der Waals surface area (Å²) < 4.78 is 1.33. The number of fused-ring (bicyclic) bond motifs is 1. The van der Waals surface area contributed by atoms with Crippen LogP contribution in [-0.2, 0) is 0 Å². The summed E-state index contributed by atoms with van der Waals surface area (Å²) in [5.41, 5.74) is 1.38. The number of hydrogen-bond acceptors (Lipinski definition) is 1. The second-order valence-electron chi connectivity index (χ2n) is 3.85. The van der Waals surface area contributed by atoms with Gasteiger partial charge in [-0.2, -0.15) is 0 Å². The van der Waals surface area contributed by atoms with E-state index in [1.54, 1.807) is 0 Å². The Morgan fingerprint density at radius 1 is 1.40 bits per heavy atom. The minimum Gasteiger partial charge on any atom is -0.140 e. The lowest BCUT2D eigenvalue weighted by molar-refractivity contribution is 0.903. The van der Waals surface area contributed by atoms with Crippen LogP contribution in [0.15, 0.2) is 18.2 Å². The van der Waals surface area contributed by atoms with Gasteiger partial charge in [-0.1, -0.05) is 25.4 Å². The molecule has 0 saturated heterocycles. The van der Waals surface area contributed by atoms with Gasteiger partial charge in [-0.05, 0) is 48.4 Å². The average Bonchev–Trinajstić information content (AvgIpc) is 2.55. The summed E-state index contributed by atoms with van der Waals surface area (Å²) in [4.78, 5) is 1.45. The standard InChI is InChI=1S/C13H14ClS/c1-4-8(2)13-9(3)11-7-10(14)5-6-12(11)15-13/h4-8H,1-3H3. The third-order valence-corrected chi connectivity index (χ3v) is 4.56. The molecule has 15 heavy (non-hydrogen) atoms. The van der Waals surface area contributed by atoms with E-state index in [4.69, 9.17) is 11.6 Å². The van der Waals surface area contributed by atoms with Crippen LogP contribution in [0.2, 0.25) is 5.02 Å². The van der Waals surface area contributed by atoms with Crippen molar-refractivity contribution in [1.29, 1.82) is 0 Å². The molecule has 2 aromatic rings. The van der Waals surface area contributed by atoms with Crippen LogP contribution in [0.1, 0.15) is 30.2 Å². The zero-order valence-corrected chi connectivity index (χ0v) is 10.7. The average molecular weight is 238 g/mol. The summed E-state index contributed by atoms with van der Waals surface area (Å²) in [5.74, 6) is 0.529. The summed E-state index contributed by atoms with van der Waals surface area (Å²) in [6, 6.07) is 6.14. The first kappa shape index (κ1) is 11.0. The number of aryl methyl sites for hydroxylation is 1. The fraction of sp³-hybridized carbons (Fsp3) is 0.308. The zero-order valence-electron chi connectivity index (χ0n) is 9.17. The first-order chi connectivity index (χ1) is 7.13. The van der Waals surface area contributed by atoms with Crippen LogP contribution in [0.25, 0.3) is 10.1 Å². The highest BCUT2D eigenvalue weighted by molar-refractivity contribution is 7.19. The van der Waals surface area contributed by atoms with Crippen molar-refractivity contribution in [1.82, 2.24) is 0 Å². The molecule has 0 nitrogen and oxygen atoms in total. The maximum Gasteiger partial charge on any atom is 0.0413 e. The van der Waals surface area contributed by atoms with Gasteiger partial charge >= 0.3 is 0 Å². The summed E-state index contributed by atoms with van der Waals surface area (Å²) >= 11 is 7.89. The predicted octanol–water partition coefficient (Wildman–Crippen LogP) is 5.19. The van der Waals surface area contributed by atoms with E-state index in [1.165, 1.54) is 20.5 Å². The van der Waals surface area contributed by atoms with Gasteiger partial charge in [0.15, 0.2) is 0 Å². The molecule has 1 radical (unpaired) electrons. The summed E-state index contributed by atoms with van der Waals surface area (Å²) in [7, 11) is 0. The van der Waals surface area contributed by atoms with Gasteiger partial charge in [-0.25, -0.2) is 0 Å². The SMILES string of the molecule is C[CH]C(C)c1sc2ccc(Cl)cc2c1C. The molecule has 1 atom stereocenters. The molecule has 1 heterocycles. The van der Waals surface area contributed by atoms with Crippen molar-refractivity contribution in [3.63, 3.8) is 0 Å². The minimum absolute atomic E-state index is 0.529. The van der Waals surface area contributed by atoms with Crippen molar-refractivity contribution in [2.24, 2.45) is 0 Å². The van der Waals surface area contributed by atoms with Crippen LogP contribution in [0.4, 0.5) is 0 Å². The Bertz CT molecular complexity index is 484. The highest BCUT2D eigenvalue weighted by Crippen LogP contribution is 2.37. The molecule has 0 aliphatic carbocycles. The molecular formula is C13H14ClS. The molecule has 0 saturated carbocycles. The molecule has 0 N–H and O–H groups in total. The van der Waals surface area contributed by atoms with Crippen molar-refractivity contribution >= 4 is 33.0 Å². The third kappa shape index (κ3) is 1.91. The smallest absolute Gasteiger partial charge is 0.0413 e. The van der Waals surface area contributed by atoms with E-state index in [-0.39, 0.29) is 0 Å². The van der Waals surface area contributed by atoms with E-state index in [2.05, 4.69) is 39.3 Å². The van der Waals surface area contributed by atoms with Gasteiger partial charge in [-0.15, -0.1) is 11.3 Å². The highest BCUT2D eigenvalue weighted by atomic mass is 35.5. The molecule has 1 aromatic heterocycles. The maximum atomic E-state index is 6.01. The molecule has 0 aliphatic rings. The normalized spacial score (nSPS) is 13.3. The molecule has 0 aliphatic heterocycles. The van der Waals surface area contributed by atoms with E-state index in [1.807, 2.05) is 17.4 Å². The second-order valence-corrected chi connectivity index (χ2v) is 5.37. The Morgan fingerprint density at radius 2 is 2.13 bits per heavy atom. The van der Waals surface area contributed by atoms with Crippen molar-refractivity contribution in [3.05, 3.63) is 40.1 Å². The van der Waals surface area contributed by atoms with Crippen LogP contribution < -0.4 is 0 Å². The number of thiophene rings is 1. The molecule has 79 valence electrons. The second kappa shape index (κ2) is 4.15. The van der Waals surface area contributed by atoms with E-state index in [9.17, 15) is 0 Å². The fourth-order valence-electron chi connectivity index (χ4n) is 1.80. The summed E-state index contributed by atoms with van der Waals surface area (Å²) in [6.45, 7) is 6.53. The van der Waals surface area contributed by atoms with Gasteiger partial charge in [0.1, 0.15) is 0 Å². The van der Waals surface area contributed by atoms with E-state index >= 15 is 0 Å². The third-order valence-electron chi connectivity index (χ3n) is 2.85. The number of benzene rings is 1. The van der Waals surface area contributed by atoms with Crippen LogP contribution >= 0.6 is 22.9 Å². The Kier molecular flexibility index (Phi) is 3.03. The lowest BCUT2D eigenvalue weighted by Crippen LogP contribution is -1.89. The van der Waals surface area contributed by atoms with Gasteiger partial charge in [0, 0.05) is 14.6 Å². The first-order valence-electron chi connectivity index (χ1n) is 5.11. The number of rotatable bonds is 2. The van der Waals surface area contributed by atoms with Gasteiger partial charge in [0.2, 0.25) is 0 Å². The Hall–Kier alpha value is -0.530. The molecule has 2 rings (SSSR count). The lowest BCUT2D eigenvalue weighted by atomic mass is 10.0. The van der Waals surface area contributed by atoms with Crippen LogP contribution in [0.3, 0.4) is 0 Å². The molecular weight excluding hydrogens is 224 g/mol. The summed E-state index contributed by atoms with van der Waals surface area (Å²) in [5, 5.41) is 2.12. The monoisotopic (exact) mass is 237 g/mol. The van der Waals surface area contributed by atoms with Gasteiger partial charge in [-0.3, -0.25) is 0 Å². The first-order valence-corrected chi connectivity index (χ1v) is 6.31. The number of halogens is 1. The van der Waals surface area contributed by atoms with Crippen molar-refractivity contribution in [2.75, 3.05) is 0 Å². The number of hydrogen-bond donors (Lipinski definition) is 0. The van der Waals surface area contributed by atoms with Gasteiger partial charge in [0.25, 0.3) is 0 Å². The largest absolute Gasteiger partial charge is 0.140 e. The van der Waals surface area contributed by atoms with E-state index in [0.29, 0.717) is 5.92 Å². The molecule has 1 unspecified atom stereocenters. The minimum atomic E-state index is 0.529. The van der Waals surface area contributed by atoms with Gasteiger partial charge in [0.05, 0.1) is 0 Å². The molecule has 1 aromatic carbocycles. The van der Waals surface area contributed by atoms with E-state index in [0.717, 1.165) is 5.02 Å². The zero-order chi connectivity index (χ0) is 11.0. The van der Waals surface area contributed by atoms with Crippen LogP contribution in [0.5, 0.6) is 0 Å². The van der Waals surface area contributed by atoms with Crippen LogP contribution in [0, 0.1) is 13.3 Å². The maximum absolute atomic E-state index is 6.01. The van der Waals surface area contributed by atoms with Crippen molar-refractivity contribution in [2.45, 2.75) is 26.7 Å². The Morgan fingerprint density at radius 3 is 2.80 bits per heavy atom. The molecule has 0 fully saturated rings. The Labute approximate surface area is 99.9 Å². The van der Waals surface area contributed by atoms with Gasteiger partial charge < -0.3 is 0 Å². The topological polar surface area (TPSA) is 0 Å². The van der Waals surface area contributed by atoms with E-state index < -0.39 is 0 Å². The molecule has 0 spiro atoms. The summed E-state index contributed by atoms with van der Waals surface area (Å²) in [6.07, 6.45) is 2.24. The quantitative estimate of drug-likeness (QED) is 0.674. The molecule has 2 heteroatoms. The predicted molar refractivity (Wildman–Crippen MR) is 70.0 cm³/mol. The fourth-order valence-corrected chi connectivity index (χ4v) is 3.25. The Balaban J connectivity index is 2.64. The molecule has 0 bridgehead atoms. The highest BCUT2D eigenvalue weighted by Gasteiger charge is 2.13. The lowest BCUT2D eigenvalue weighted by Gasteiger charge is -2.05. The van der Waals surface area contributed by atoms with Crippen LogP contribution in [-0.4, -0.2) is 0 Å². The van der Waals surface area contributed by atoms with Crippen molar-refractivity contribution in [3.8, 4) is 0 Å².